The Hall–Kier alpha value is -1.12. The summed E-state index contributed by atoms with van der Waals surface area (Å²) in [6.45, 7) is 6.58. The van der Waals surface area contributed by atoms with Crippen molar-refractivity contribution in [3.63, 3.8) is 0 Å². The van der Waals surface area contributed by atoms with Crippen LogP contribution in [0.1, 0.15) is 49.0 Å². The summed E-state index contributed by atoms with van der Waals surface area (Å²) in [6, 6.07) is 18.1. The third kappa shape index (κ3) is 3.94. The summed E-state index contributed by atoms with van der Waals surface area (Å²) in [6.07, 6.45) is 1.08. The van der Waals surface area contributed by atoms with E-state index in [0.717, 1.165) is 10.9 Å². The zero-order valence-corrected chi connectivity index (χ0v) is 13.9. The summed E-state index contributed by atoms with van der Waals surface area (Å²) < 4.78 is 1.13. The second kappa shape index (κ2) is 7.05. The van der Waals surface area contributed by atoms with Gasteiger partial charge in [-0.15, -0.1) is 0 Å². The van der Waals surface area contributed by atoms with Crippen molar-refractivity contribution in [3.05, 3.63) is 69.7 Å². The highest BCUT2D eigenvalue weighted by Crippen LogP contribution is 2.23. The van der Waals surface area contributed by atoms with Crippen LogP contribution in [0.15, 0.2) is 53.0 Å². The lowest BCUT2D eigenvalue weighted by Gasteiger charge is -2.23. The van der Waals surface area contributed by atoms with Gasteiger partial charge in [-0.05, 0) is 43.5 Å². The monoisotopic (exact) mass is 331 g/mol. The highest BCUT2D eigenvalue weighted by molar-refractivity contribution is 9.10. The van der Waals surface area contributed by atoms with Crippen molar-refractivity contribution in [2.45, 2.75) is 39.3 Å². The smallest absolute Gasteiger partial charge is 0.0323 e. The average molecular weight is 332 g/mol. The lowest BCUT2D eigenvalue weighted by Crippen LogP contribution is -2.24. The first kappa shape index (κ1) is 15.3. The SMILES string of the molecule is CCC(NC(C)c1ccc(C)cc1)c1ccc(Br)cc1. The maximum Gasteiger partial charge on any atom is 0.0323 e. The highest BCUT2D eigenvalue weighted by Gasteiger charge is 2.13. The summed E-state index contributed by atoms with van der Waals surface area (Å²) >= 11 is 3.49. The number of hydrogen-bond donors (Lipinski definition) is 1. The second-order valence-electron chi connectivity index (χ2n) is 5.31. The van der Waals surface area contributed by atoms with Crippen LogP contribution in [-0.4, -0.2) is 0 Å². The largest absolute Gasteiger partial charge is 0.303 e. The van der Waals surface area contributed by atoms with E-state index in [-0.39, 0.29) is 0 Å². The normalized spacial score (nSPS) is 14.0. The minimum absolute atomic E-state index is 0.351. The molecule has 0 bridgehead atoms. The molecule has 2 unspecified atom stereocenters. The molecule has 0 aliphatic heterocycles. The molecule has 2 aromatic rings. The molecule has 1 N–H and O–H groups in total. The van der Waals surface area contributed by atoms with Crippen LogP contribution >= 0.6 is 15.9 Å². The Kier molecular flexibility index (Phi) is 5.38. The van der Waals surface area contributed by atoms with Gasteiger partial charge in [-0.25, -0.2) is 0 Å². The van der Waals surface area contributed by atoms with E-state index in [0.29, 0.717) is 12.1 Å². The molecule has 106 valence electrons. The number of nitrogens with one attached hydrogen (secondary N) is 1. The molecule has 0 aromatic heterocycles. The Morgan fingerprint density at radius 3 is 2.05 bits per heavy atom. The number of hydrogen-bond acceptors (Lipinski definition) is 1. The van der Waals surface area contributed by atoms with Gasteiger partial charge in [-0.3, -0.25) is 0 Å². The van der Waals surface area contributed by atoms with Gasteiger partial charge >= 0.3 is 0 Å². The fourth-order valence-corrected chi connectivity index (χ4v) is 2.66. The Labute approximate surface area is 130 Å². The number of rotatable bonds is 5. The average Bonchev–Trinajstić information content (AvgIpc) is 2.46. The summed E-state index contributed by atoms with van der Waals surface area (Å²) in [7, 11) is 0. The Morgan fingerprint density at radius 2 is 1.50 bits per heavy atom. The second-order valence-corrected chi connectivity index (χ2v) is 6.23. The minimum Gasteiger partial charge on any atom is -0.303 e. The van der Waals surface area contributed by atoms with Crippen molar-refractivity contribution in [3.8, 4) is 0 Å². The first-order valence-electron chi connectivity index (χ1n) is 7.18. The zero-order valence-electron chi connectivity index (χ0n) is 12.4. The lowest BCUT2D eigenvalue weighted by atomic mass is 10.0. The van der Waals surface area contributed by atoms with Crippen LogP contribution < -0.4 is 5.32 Å². The fraction of sp³-hybridized carbons (Fsp3) is 0.333. The predicted octanol–water partition coefficient (Wildman–Crippen LogP) is 5.56. The van der Waals surface area contributed by atoms with Gasteiger partial charge in [-0.2, -0.15) is 0 Å². The van der Waals surface area contributed by atoms with Crippen molar-refractivity contribution >= 4 is 15.9 Å². The molecule has 0 spiro atoms. The molecular weight excluding hydrogens is 310 g/mol. The standard InChI is InChI=1S/C18H22BrN/c1-4-18(16-9-11-17(19)12-10-16)20-14(3)15-7-5-13(2)6-8-15/h5-12,14,18,20H,4H2,1-3H3. The molecule has 0 saturated heterocycles. The zero-order chi connectivity index (χ0) is 14.5. The third-order valence-electron chi connectivity index (χ3n) is 3.71. The maximum absolute atomic E-state index is 3.72. The van der Waals surface area contributed by atoms with Gasteiger partial charge in [0.1, 0.15) is 0 Å². The van der Waals surface area contributed by atoms with Crippen LogP contribution in [0.25, 0.3) is 0 Å². The molecule has 2 rings (SSSR count). The molecule has 0 radical (unpaired) electrons. The fourth-order valence-electron chi connectivity index (χ4n) is 2.40. The summed E-state index contributed by atoms with van der Waals surface area (Å²) in [4.78, 5) is 0. The van der Waals surface area contributed by atoms with Crippen LogP contribution in [0.2, 0.25) is 0 Å². The van der Waals surface area contributed by atoms with Gasteiger partial charge in [0.25, 0.3) is 0 Å². The minimum atomic E-state index is 0.351. The molecule has 20 heavy (non-hydrogen) atoms. The van der Waals surface area contributed by atoms with Gasteiger partial charge in [0.05, 0.1) is 0 Å². The van der Waals surface area contributed by atoms with Crippen molar-refractivity contribution in [1.82, 2.24) is 5.32 Å². The number of benzene rings is 2. The molecule has 2 heteroatoms. The van der Waals surface area contributed by atoms with Crippen LogP contribution in [0.4, 0.5) is 0 Å². The van der Waals surface area contributed by atoms with Crippen LogP contribution in [-0.2, 0) is 0 Å². The van der Waals surface area contributed by atoms with E-state index in [1.807, 2.05) is 0 Å². The first-order chi connectivity index (χ1) is 9.60. The van der Waals surface area contributed by atoms with Crippen molar-refractivity contribution in [2.75, 3.05) is 0 Å². The molecule has 0 fully saturated rings. The molecule has 0 aliphatic rings. The van der Waals surface area contributed by atoms with Crippen molar-refractivity contribution < 1.29 is 0 Å². The van der Waals surface area contributed by atoms with Gasteiger partial charge in [0.15, 0.2) is 0 Å². The van der Waals surface area contributed by atoms with Gasteiger partial charge in [0.2, 0.25) is 0 Å². The molecule has 0 amide bonds. The third-order valence-corrected chi connectivity index (χ3v) is 4.24. The van der Waals surface area contributed by atoms with Crippen LogP contribution in [0.5, 0.6) is 0 Å². The summed E-state index contributed by atoms with van der Waals surface area (Å²) in [5, 5.41) is 3.72. The van der Waals surface area contributed by atoms with Gasteiger partial charge < -0.3 is 5.32 Å². The Bertz CT molecular complexity index is 530. The molecule has 0 heterocycles. The van der Waals surface area contributed by atoms with Crippen LogP contribution in [0, 0.1) is 6.92 Å². The number of halogens is 1. The van der Waals surface area contributed by atoms with Gasteiger partial charge in [0, 0.05) is 16.6 Å². The Balaban J connectivity index is 2.09. The van der Waals surface area contributed by atoms with E-state index >= 15 is 0 Å². The van der Waals surface area contributed by atoms with Crippen LogP contribution in [0.3, 0.4) is 0 Å². The molecule has 0 saturated carbocycles. The maximum atomic E-state index is 3.72. The lowest BCUT2D eigenvalue weighted by molar-refractivity contribution is 0.456. The van der Waals surface area contributed by atoms with E-state index in [2.05, 4.69) is 90.5 Å². The molecule has 2 aromatic carbocycles. The quantitative estimate of drug-likeness (QED) is 0.756. The first-order valence-corrected chi connectivity index (χ1v) is 7.97. The van der Waals surface area contributed by atoms with E-state index < -0.39 is 0 Å². The van der Waals surface area contributed by atoms with Crippen molar-refractivity contribution in [2.24, 2.45) is 0 Å². The molecular formula is C18H22BrN. The summed E-state index contributed by atoms with van der Waals surface area (Å²) in [5.74, 6) is 0. The molecule has 1 nitrogen and oxygen atoms in total. The van der Waals surface area contributed by atoms with Gasteiger partial charge in [-0.1, -0.05) is 64.8 Å². The summed E-state index contributed by atoms with van der Waals surface area (Å²) in [5.41, 5.74) is 3.99. The van der Waals surface area contributed by atoms with E-state index in [1.165, 1.54) is 16.7 Å². The van der Waals surface area contributed by atoms with E-state index in [4.69, 9.17) is 0 Å². The topological polar surface area (TPSA) is 12.0 Å². The van der Waals surface area contributed by atoms with E-state index in [9.17, 15) is 0 Å². The highest BCUT2D eigenvalue weighted by atomic mass is 79.9. The molecule has 0 aliphatic carbocycles. The predicted molar refractivity (Wildman–Crippen MR) is 89.9 cm³/mol. The molecule has 2 atom stereocenters. The van der Waals surface area contributed by atoms with Crippen molar-refractivity contribution in [1.29, 1.82) is 0 Å². The number of aryl methyl sites for hydroxylation is 1. The van der Waals surface area contributed by atoms with E-state index in [1.54, 1.807) is 0 Å². The Morgan fingerprint density at radius 1 is 0.950 bits per heavy atom.